The molecule has 1 heterocycles. The van der Waals surface area contributed by atoms with Gasteiger partial charge in [0.15, 0.2) is 4.67 Å². The number of hydrogen-bond donors (Lipinski definition) is 2. The molecular weight excluding hydrogens is 383 g/mol. The Bertz CT molecular complexity index is 545. The Morgan fingerprint density at radius 3 is 2.67 bits per heavy atom. The van der Waals surface area contributed by atoms with Gasteiger partial charge < -0.3 is 4.42 Å². The Balaban J connectivity index is 2.23. The fourth-order valence-corrected chi connectivity index (χ4v) is 2.99. The first kappa shape index (κ1) is 14.1. The van der Waals surface area contributed by atoms with E-state index in [9.17, 15) is 0 Å². The molecule has 1 unspecified atom stereocenters. The van der Waals surface area contributed by atoms with Crippen LogP contribution in [0.4, 0.5) is 0 Å². The van der Waals surface area contributed by atoms with Gasteiger partial charge in [-0.05, 0) is 46.1 Å². The van der Waals surface area contributed by atoms with Crippen molar-refractivity contribution < 1.29 is 4.42 Å². The zero-order valence-electron chi connectivity index (χ0n) is 9.29. The largest absolute Gasteiger partial charge is 0.457 e. The maximum absolute atomic E-state index is 6.20. The van der Waals surface area contributed by atoms with E-state index in [1.807, 2.05) is 24.3 Å². The van der Waals surface area contributed by atoms with Gasteiger partial charge in [0.05, 0.1) is 12.3 Å². The third kappa shape index (κ3) is 3.16. The lowest BCUT2D eigenvalue weighted by Gasteiger charge is -2.15. The van der Waals surface area contributed by atoms with Crippen LogP contribution in [0.25, 0.3) is 0 Å². The van der Waals surface area contributed by atoms with Crippen molar-refractivity contribution in [3.63, 3.8) is 0 Å². The van der Waals surface area contributed by atoms with E-state index in [2.05, 4.69) is 37.3 Å². The van der Waals surface area contributed by atoms with E-state index in [0.717, 1.165) is 15.6 Å². The fraction of sp³-hybridized carbons (Fsp3) is 0.167. The summed E-state index contributed by atoms with van der Waals surface area (Å²) in [6.45, 7) is 0. The first-order chi connectivity index (χ1) is 8.61. The highest BCUT2D eigenvalue weighted by molar-refractivity contribution is 9.10. The zero-order valence-corrected chi connectivity index (χ0v) is 13.2. The summed E-state index contributed by atoms with van der Waals surface area (Å²) >= 11 is 12.9. The van der Waals surface area contributed by atoms with Crippen LogP contribution < -0.4 is 11.3 Å². The van der Waals surface area contributed by atoms with E-state index >= 15 is 0 Å². The number of halogens is 3. The molecular formula is C12H11Br2ClN2O. The van der Waals surface area contributed by atoms with Crippen LogP contribution in [0.15, 0.2) is 44.1 Å². The van der Waals surface area contributed by atoms with E-state index in [0.29, 0.717) is 16.1 Å². The van der Waals surface area contributed by atoms with Crippen LogP contribution in [-0.4, -0.2) is 0 Å². The molecule has 0 aliphatic rings. The molecule has 0 bridgehead atoms. The first-order valence-electron chi connectivity index (χ1n) is 5.24. The minimum atomic E-state index is -0.0585. The van der Waals surface area contributed by atoms with E-state index in [1.165, 1.54) is 0 Å². The van der Waals surface area contributed by atoms with Crippen LogP contribution in [0.5, 0.6) is 0 Å². The SMILES string of the molecule is NNC(Cc1ccc(Br)cc1Cl)c1ccoc1Br. The van der Waals surface area contributed by atoms with Gasteiger partial charge in [0.25, 0.3) is 0 Å². The van der Waals surface area contributed by atoms with Gasteiger partial charge in [0.2, 0.25) is 0 Å². The molecule has 0 saturated carbocycles. The highest BCUT2D eigenvalue weighted by Crippen LogP contribution is 2.29. The van der Waals surface area contributed by atoms with Gasteiger partial charge in [0.1, 0.15) is 0 Å². The number of furan rings is 1. The minimum Gasteiger partial charge on any atom is -0.457 e. The maximum Gasteiger partial charge on any atom is 0.173 e. The standard InChI is InChI=1S/C12H11Br2ClN2O/c13-8-2-1-7(10(15)6-8)5-11(17-16)9-3-4-18-12(9)14/h1-4,6,11,17H,5,16H2. The smallest absolute Gasteiger partial charge is 0.173 e. The molecule has 0 saturated heterocycles. The van der Waals surface area contributed by atoms with E-state index < -0.39 is 0 Å². The summed E-state index contributed by atoms with van der Waals surface area (Å²) in [6, 6.07) is 7.62. The fourth-order valence-electron chi connectivity index (χ4n) is 1.72. The molecule has 18 heavy (non-hydrogen) atoms. The second-order valence-corrected chi connectivity index (χ2v) is 5.85. The summed E-state index contributed by atoms with van der Waals surface area (Å²) in [5.74, 6) is 5.60. The van der Waals surface area contributed by atoms with Crippen molar-refractivity contribution in [1.29, 1.82) is 0 Å². The molecule has 3 N–H and O–H groups in total. The molecule has 0 amide bonds. The number of hydrogen-bond acceptors (Lipinski definition) is 3. The molecule has 1 atom stereocenters. The Hall–Kier alpha value is -0.330. The van der Waals surface area contributed by atoms with Crippen molar-refractivity contribution in [3.8, 4) is 0 Å². The summed E-state index contributed by atoms with van der Waals surface area (Å²) in [5, 5.41) is 0.712. The van der Waals surface area contributed by atoms with Gasteiger partial charge in [-0.3, -0.25) is 11.3 Å². The van der Waals surface area contributed by atoms with Gasteiger partial charge in [-0.15, -0.1) is 0 Å². The zero-order chi connectivity index (χ0) is 13.1. The average Bonchev–Trinajstić information content (AvgIpc) is 2.75. The van der Waals surface area contributed by atoms with Crippen LogP contribution >= 0.6 is 43.5 Å². The Kier molecular flexibility index (Phi) is 4.86. The monoisotopic (exact) mass is 392 g/mol. The highest BCUT2D eigenvalue weighted by Gasteiger charge is 2.17. The van der Waals surface area contributed by atoms with Crippen molar-refractivity contribution in [2.75, 3.05) is 0 Å². The average molecular weight is 394 g/mol. The van der Waals surface area contributed by atoms with Crippen LogP contribution in [0.2, 0.25) is 5.02 Å². The third-order valence-electron chi connectivity index (χ3n) is 2.66. The van der Waals surface area contributed by atoms with Gasteiger partial charge >= 0.3 is 0 Å². The molecule has 0 aliphatic carbocycles. The Labute approximate surface area is 127 Å². The van der Waals surface area contributed by atoms with Crippen LogP contribution in [0.1, 0.15) is 17.2 Å². The first-order valence-corrected chi connectivity index (χ1v) is 7.21. The van der Waals surface area contributed by atoms with Crippen LogP contribution in [0, 0.1) is 0 Å². The predicted molar refractivity (Wildman–Crippen MR) is 79.3 cm³/mol. The lowest BCUT2D eigenvalue weighted by atomic mass is 10.0. The van der Waals surface area contributed by atoms with E-state index in [1.54, 1.807) is 6.26 Å². The van der Waals surface area contributed by atoms with Crippen molar-refractivity contribution in [2.24, 2.45) is 5.84 Å². The van der Waals surface area contributed by atoms with Gasteiger partial charge in [-0.1, -0.05) is 33.6 Å². The highest BCUT2D eigenvalue weighted by atomic mass is 79.9. The van der Waals surface area contributed by atoms with E-state index in [-0.39, 0.29) is 6.04 Å². The lowest BCUT2D eigenvalue weighted by molar-refractivity contribution is 0.507. The number of nitrogens with one attached hydrogen (secondary N) is 1. The quantitative estimate of drug-likeness (QED) is 0.603. The normalized spacial score (nSPS) is 12.7. The number of hydrazine groups is 1. The second-order valence-electron chi connectivity index (χ2n) is 3.81. The number of benzene rings is 1. The molecule has 0 radical (unpaired) electrons. The minimum absolute atomic E-state index is 0.0585. The topological polar surface area (TPSA) is 51.2 Å². The van der Waals surface area contributed by atoms with E-state index in [4.69, 9.17) is 21.9 Å². The molecule has 2 rings (SSSR count). The molecule has 6 heteroatoms. The molecule has 0 aliphatic heterocycles. The third-order valence-corrected chi connectivity index (χ3v) is 4.15. The molecule has 0 spiro atoms. The molecule has 1 aromatic heterocycles. The van der Waals surface area contributed by atoms with Crippen molar-refractivity contribution >= 4 is 43.5 Å². The summed E-state index contributed by atoms with van der Waals surface area (Å²) in [7, 11) is 0. The molecule has 1 aromatic carbocycles. The lowest BCUT2D eigenvalue weighted by Crippen LogP contribution is -2.29. The van der Waals surface area contributed by atoms with Gasteiger partial charge in [-0.25, -0.2) is 0 Å². The number of rotatable bonds is 4. The van der Waals surface area contributed by atoms with Crippen LogP contribution in [-0.2, 0) is 6.42 Å². The van der Waals surface area contributed by atoms with Crippen LogP contribution in [0.3, 0.4) is 0 Å². The van der Waals surface area contributed by atoms with Gasteiger partial charge in [0, 0.05) is 15.1 Å². The second kappa shape index (κ2) is 6.21. The summed E-state index contributed by atoms with van der Waals surface area (Å²) in [4.78, 5) is 0. The molecule has 3 nitrogen and oxygen atoms in total. The maximum atomic E-state index is 6.20. The molecule has 0 fully saturated rings. The van der Waals surface area contributed by atoms with Crippen molar-refractivity contribution in [2.45, 2.75) is 12.5 Å². The van der Waals surface area contributed by atoms with Gasteiger partial charge in [-0.2, -0.15) is 0 Å². The predicted octanol–water partition coefficient (Wildman–Crippen LogP) is 4.21. The molecule has 2 aromatic rings. The Morgan fingerprint density at radius 2 is 2.11 bits per heavy atom. The summed E-state index contributed by atoms with van der Waals surface area (Å²) in [6.07, 6.45) is 2.30. The summed E-state index contributed by atoms with van der Waals surface area (Å²) in [5.41, 5.74) is 4.77. The summed E-state index contributed by atoms with van der Waals surface area (Å²) < 4.78 is 6.85. The van der Waals surface area contributed by atoms with Crippen molar-refractivity contribution in [3.05, 3.63) is 55.8 Å². The number of nitrogens with two attached hydrogens (primary N) is 1. The molecule has 96 valence electrons. The Morgan fingerprint density at radius 1 is 1.33 bits per heavy atom. The van der Waals surface area contributed by atoms with Crippen molar-refractivity contribution in [1.82, 2.24) is 5.43 Å².